The van der Waals surface area contributed by atoms with Crippen LogP contribution in [0.4, 0.5) is 13.9 Å². The third-order valence-corrected chi connectivity index (χ3v) is 7.01. The number of Topliss-reactive ketones (excluding diaryl/α,β-unsaturated/α-hetero) is 1. The second-order valence-electron chi connectivity index (χ2n) is 9.22. The van der Waals surface area contributed by atoms with E-state index in [0.29, 0.717) is 23.8 Å². The molecule has 4 aromatic rings. The highest BCUT2D eigenvalue weighted by Gasteiger charge is 2.48. The maximum absolute atomic E-state index is 13.8. The normalized spacial score (nSPS) is 17.1. The number of hydrogen-bond donors (Lipinski definition) is 2. The van der Waals surface area contributed by atoms with Crippen LogP contribution in [0.2, 0.25) is 0 Å². The van der Waals surface area contributed by atoms with Crippen molar-refractivity contribution >= 4 is 44.1 Å². The van der Waals surface area contributed by atoms with Gasteiger partial charge in [-0.15, -0.1) is 0 Å². The summed E-state index contributed by atoms with van der Waals surface area (Å²) in [4.78, 5) is 32.0. The molecule has 194 valence electrons. The van der Waals surface area contributed by atoms with E-state index in [2.05, 4.69) is 4.98 Å². The molecule has 1 saturated heterocycles. The minimum atomic E-state index is -1.11. The number of aromatic hydroxyl groups is 1. The summed E-state index contributed by atoms with van der Waals surface area (Å²) in [5.41, 5.74) is 0.634. The smallest absolute Gasteiger partial charge is 0.301 e. The molecular formula is C28H22F2N2O5S. The molecule has 0 aliphatic carbocycles. The van der Waals surface area contributed by atoms with Crippen molar-refractivity contribution in [3.8, 4) is 11.5 Å². The number of amides is 1. The Morgan fingerprint density at radius 3 is 2.37 bits per heavy atom. The molecular weight excluding hydrogens is 514 g/mol. The number of halogens is 2. The Hall–Kier alpha value is -4.31. The van der Waals surface area contributed by atoms with Crippen LogP contribution in [0.15, 0.2) is 66.2 Å². The Labute approximate surface area is 220 Å². The van der Waals surface area contributed by atoms with Crippen molar-refractivity contribution in [1.82, 2.24) is 4.98 Å². The Bertz CT molecular complexity index is 1540. The molecule has 1 fully saturated rings. The number of fused-ring (bicyclic) bond motifs is 1. The average molecular weight is 537 g/mol. The first-order valence-electron chi connectivity index (χ1n) is 11.7. The van der Waals surface area contributed by atoms with E-state index in [-0.39, 0.29) is 32.2 Å². The molecule has 1 unspecified atom stereocenters. The second kappa shape index (κ2) is 9.86. The van der Waals surface area contributed by atoms with Gasteiger partial charge in [0.05, 0.1) is 28.4 Å². The van der Waals surface area contributed by atoms with Gasteiger partial charge in [0.15, 0.2) is 16.8 Å². The molecule has 0 saturated carbocycles. The fourth-order valence-corrected chi connectivity index (χ4v) is 5.14. The first-order valence-corrected chi connectivity index (χ1v) is 12.5. The summed E-state index contributed by atoms with van der Waals surface area (Å²) in [6.07, 6.45) is 0. The number of ether oxygens (including phenoxy) is 1. The van der Waals surface area contributed by atoms with Crippen molar-refractivity contribution in [2.24, 2.45) is 5.92 Å². The van der Waals surface area contributed by atoms with E-state index in [0.717, 1.165) is 28.4 Å². The zero-order chi connectivity index (χ0) is 27.1. The first-order chi connectivity index (χ1) is 18.1. The molecule has 1 aliphatic heterocycles. The number of rotatable bonds is 6. The lowest BCUT2D eigenvalue weighted by molar-refractivity contribution is -0.132. The van der Waals surface area contributed by atoms with Gasteiger partial charge in [0, 0.05) is 11.6 Å². The Balaban J connectivity index is 1.63. The Morgan fingerprint density at radius 1 is 1.05 bits per heavy atom. The van der Waals surface area contributed by atoms with Gasteiger partial charge in [-0.3, -0.25) is 14.5 Å². The van der Waals surface area contributed by atoms with Crippen LogP contribution in [0.3, 0.4) is 0 Å². The molecule has 1 aromatic heterocycles. The van der Waals surface area contributed by atoms with Crippen LogP contribution in [0, 0.1) is 17.6 Å². The number of carbonyl (C=O) groups is 2. The summed E-state index contributed by atoms with van der Waals surface area (Å²) in [5.74, 6) is -3.59. The SMILES string of the molecule is CC(C)COc1ccc(/C(O)=C2\C(=O)C(=O)N(c3nc4cc(F)c(F)cc4s3)C2c2ccc(O)cc2)cc1. The fraction of sp³-hybridized carbons (Fsp3) is 0.179. The average Bonchev–Trinajstić information content (AvgIpc) is 3.40. The number of carbonyl (C=O) groups excluding carboxylic acids is 2. The summed E-state index contributed by atoms with van der Waals surface area (Å²) >= 11 is 0.909. The number of aliphatic hydroxyl groups excluding tert-OH is 1. The van der Waals surface area contributed by atoms with E-state index < -0.39 is 35.1 Å². The topological polar surface area (TPSA) is 100.0 Å². The second-order valence-corrected chi connectivity index (χ2v) is 10.2. The third kappa shape index (κ3) is 4.58. The van der Waals surface area contributed by atoms with Crippen molar-refractivity contribution in [1.29, 1.82) is 0 Å². The number of anilines is 1. The van der Waals surface area contributed by atoms with Gasteiger partial charge >= 0.3 is 5.91 Å². The van der Waals surface area contributed by atoms with E-state index in [1.54, 1.807) is 24.3 Å². The Morgan fingerprint density at radius 2 is 1.71 bits per heavy atom. The first kappa shape index (κ1) is 25.3. The predicted molar refractivity (Wildman–Crippen MR) is 139 cm³/mol. The number of nitrogens with zero attached hydrogens (tertiary/aromatic N) is 2. The van der Waals surface area contributed by atoms with Crippen LogP contribution in [0.5, 0.6) is 11.5 Å². The maximum atomic E-state index is 13.8. The molecule has 0 radical (unpaired) electrons. The van der Waals surface area contributed by atoms with E-state index in [1.807, 2.05) is 13.8 Å². The summed E-state index contributed by atoms with van der Waals surface area (Å²) in [7, 11) is 0. The minimum absolute atomic E-state index is 0.0293. The number of phenolic OH excluding ortho intramolecular Hbond substituents is 1. The highest BCUT2D eigenvalue weighted by Crippen LogP contribution is 2.44. The molecule has 1 amide bonds. The van der Waals surface area contributed by atoms with E-state index >= 15 is 0 Å². The lowest BCUT2D eigenvalue weighted by atomic mass is 9.95. The predicted octanol–water partition coefficient (Wildman–Crippen LogP) is 5.94. The standard InChI is InChI=1S/C28H22F2N2O5S/c1-14(2)13-37-18-9-5-16(6-10-18)25(34)23-24(15-3-7-17(33)8-4-15)32(27(36)26(23)35)28-31-21-11-19(29)20(30)12-22(21)38-28/h3-12,14,24,33-34H,13H2,1-2H3/b25-23+. The van der Waals surface area contributed by atoms with Crippen molar-refractivity contribution in [3.63, 3.8) is 0 Å². The number of aromatic nitrogens is 1. The number of phenols is 1. The van der Waals surface area contributed by atoms with Gasteiger partial charge in [-0.1, -0.05) is 37.3 Å². The molecule has 38 heavy (non-hydrogen) atoms. The van der Waals surface area contributed by atoms with E-state index in [1.165, 1.54) is 24.3 Å². The number of thiazole rings is 1. The zero-order valence-electron chi connectivity index (χ0n) is 20.3. The molecule has 5 rings (SSSR count). The number of benzene rings is 3. The molecule has 3 aromatic carbocycles. The van der Waals surface area contributed by atoms with Gasteiger partial charge in [0.25, 0.3) is 5.78 Å². The van der Waals surface area contributed by atoms with Crippen LogP contribution in [0.1, 0.15) is 31.0 Å². The van der Waals surface area contributed by atoms with Gasteiger partial charge in [-0.25, -0.2) is 13.8 Å². The van der Waals surface area contributed by atoms with Gasteiger partial charge in [0.2, 0.25) is 0 Å². The number of ketones is 1. The molecule has 1 aliphatic rings. The van der Waals surface area contributed by atoms with E-state index in [9.17, 15) is 28.6 Å². The van der Waals surface area contributed by atoms with Gasteiger partial charge in [-0.05, 0) is 53.9 Å². The summed E-state index contributed by atoms with van der Waals surface area (Å²) in [6, 6.07) is 13.1. The van der Waals surface area contributed by atoms with Crippen LogP contribution < -0.4 is 9.64 Å². The molecule has 10 heteroatoms. The van der Waals surface area contributed by atoms with Crippen LogP contribution in [0.25, 0.3) is 16.0 Å². The highest BCUT2D eigenvalue weighted by molar-refractivity contribution is 7.22. The van der Waals surface area contributed by atoms with Crippen molar-refractivity contribution < 1.29 is 33.3 Å². The van der Waals surface area contributed by atoms with Crippen molar-refractivity contribution in [2.75, 3.05) is 11.5 Å². The zero-order valence-corrected chi connectivity index (χ0v) is 21.1. The van der Waals surface area contributed by atoms with E-state index in [4.69, 9.17) is 4.74 Å². The monoisotopic (exact) mass is 536 g/mol. The third-order valence-electron chi connectivity index (χ3n) is 5.99. The number of aliphatic hydroxyl groups is 1. The molecule has 7 nitrogen and oxygen atoms in total. The quantitative estimate of drug-likeness (QED) is 0.180. The van der Waals surface area contributed by atoms with Crippen LogP contribution in [-0.2, 0) is 9.59 Å². The largest absolute Gasteiger partial charge is 0.508 e. The van der Waals surface area contributed by atoms with Gasteiger partial charge in [0.1, 0.15) is 17.3 Å². The minimum Gasteiger partial charge on any atom is -0.508 e. The number of hydrogen-bond acceptors (Lipinski definition) is 7. The van der Waals surface area contributed by atoms with Gasteiger partial charge < -0.3 is 14.9 Å². The maximum Gasteiger partial charge on any atom is 0.301 e. The fourth-order valence-electron chi connectivity index (χ4n) is 4.14. The lowest BCUT2D eigenvalue weighted by Crippen LogP contribution is -2.29. The highest BCUT2D eigenvalue weighted by atomic mass is 32.1. The molecule has 1 atom stereocenters. The molecule has 0 bridgehead atoms. The summed E-state index contributed by atoms with van der Waals surface area (Å²) in [5, 5.41) is 21.1. The summed E-state index contributed by atoms with van der Waals surface area (Å²) < 4.78 is 33.6. The lowest BCUT2D eigenvalue weighted by Gasteiger charge is -2.23. The molecule has 2 N–H and O–H groups in total. The molecule has 0 spiro atoms. The summed E-state index contributed by atoms with van der Waals surface area (Å²) in [6.45, 7) is 4.54. The van der Waals surface area contributed by atoms with Crippen LogP contribution >= 0.6 is 11.3 Å². The van der Waals surface area contributed by atoms with Crippen molar-refractivity contribution in [3.05, 3.63) is 89.0 Å². The molecule has 2 heterocycles. The Kier molecular flexibility index (Phi) is 6.58. The van der Waals surface area contributed by atoms with Crippen molar-refractivity contribution in [2.45, 2.75) is 19.9 Å². The van der Waals surface area contributed by atoms with Gasteiger partial charge in [-0.2, -0.15) is 0 Å². The van der Waals surface area contributed by atoms with Crippen LogP contribution in [-0.4, -0.2) is 33.5 Å².